The van der Waals surface area contributed by atoms with Gasteiger partial charge in [0.05, 0.1) is 6.20 Å². The minimum Gasteiger partial charge on any atom is -0.367 e. The molecular formula is C16H25N5. The van der Waals surface area contributed by atoms with Crippen molar-refractivity contribution >= 4 is 11.5 Å². The zero-order chi connectivity index (χ0) is 14.8. The summed E-state index contributed by atoms with van der Waals surface area (Å²) in [4.78, 5) is 4.71. The molecule has 0 saturated heterocycles. The molecule has 1 saturated carbocycles. The minimum absolute atomic E-state index is 0.376. The molecule has 0 bridgehead atoms. The zero-order valence-corrected chi connectivity index (χ0v) is 12.9. The minimum atomic E-state index is 0.376. The molecule has 0 radical (unpaired) electrons. The Balaban J connectivity index is 1.87. The predicted octanol–water partition coefficient (Wildman–Crippen LogP) is 2.92. The van der Waals surface area contributed by atoms with E-state index in [4.69, 9.17) is 10.7 Å². The highest BCUT2D eigenvalue weighted by Gasteiger charge is 2.20. The van der Waals surface area contributed by atoms with Crippen LogP contribution in [-0.2, 0) is 0 Å². The summed E-state index contributed by atoms with van der Waals surface area (Å²) in [5.41, 5.74) is 8.05. The van der Waals surface area contributed by atoms with E-state index in [1.807, 2.05) is 16.8 Å². The molecule has 1 fully saturated rings. The Bertz CT molecular complexity index is 598. The highest BCUT2D eigenvalue weighted by molar-refractivity contribution is 5.50. The van der Waals surface area contributed by atoms with Gasteiger partial charge in [-0.3, -0.25) is 0 Å². The third kappa shape index (κ3) is 3.02. The maximum atomic E-state index is 5.99. The molecule has 1 atom stereocenters. The van der Waals surface area contributed by atoms with Crippen LogP contribution < -0.4 is 11.1 Å². The first-order valence-corrected chi connectivity index (χ1v) is 8.04. The highest BCUT2D eigenvalue weighted by atomic mass is 15.3. The van der Waals surface area contributed by atoms with Crippen LogP contribution >= 0.6 is 0 Å². The van der Waals surface area contributed by atoms with Gasteiger partial charge in [0.15, 0.2) is 5.65 Å². The standard InChI is InChI=1S/C16H25N5/c1-3-11(2)14-10-16(21-15(20-14)8-9-18-21)19-13-6-4-12(17)5-7-13/h8-13,19H,3-7,17H2,1-2H3/t11?,12-,13-. The number of hydrogen-bond acceptors (Lipinski definition) is 4. The first kappa shape index (κ1) is 14.3. The third-order valence-corrected chi connectivity index (χ3v) is 4.62. The number of nitrogens with zero attached hydrogens (tertiary/aromatic N) is 3. The van der Waals surface area contributed by atoms with Crippen molar-refractivity contribution in [1.82, 2.24) is 14.6 Å². The molecule has 2 aromatic rings. The lowest BCUT2D eigenvalue weighted by Gasteiger charge is -2.28. The van der Waals surface area contributed by atoms with Crippen molar-refractivity contribution in [2.24, 2.45) is 5.73 Å². The lowest BCUT2D eigenvalue weighted by Crippen LogP contribution is -2.33. The Labute approximate surface area is 125 Å². The summed E-state index contributed by atoms with van der Waals surface area (Å²) in [6.45, 7) is 4.42. The molecule has 2 aromatic heterocycles. The predicted molar refractivity (Wildman–Crippen MR) is 85.5 cm³/mol. The third-order valence-electron chi connectivity index (χ3n) is 4.62. The number of rotatable bonds is 4. The second kappa shape index (κ2) is 6.02. The van der Waals surface area contributed by atoms with Crippen LogP contribution in [0.3, 0.4) is 0 Å². The fourth-order valence-corrected chi connectivity index (χ4v) is 2.97. The maximum absolute atomic E-state index is 5.99. The second-order valence-corrected chi connectivity index (χ2v) is 6.23. The van der Waals surface area contributed by atoms with Crippen LogP contribution in [0.2, 0.25) is 0 Å². The van der Waals surface area contributed by atoms with Crippen LogP contribution in [0.15, 0.2) is 18.3 Å². The van der Waals surface area contributed by atoms with Gasteiger partial charge in [0.25, 0.3) is 0 Å². The van der Waals surface area contributed by atoms with Crippen molar-refractivity contribution < 1.29 is 0 Å². The van der Waals surface area contributed by atoms with Gasteiger partial charge < -0.3 is 11.1 Å². The molecule has 0 aromatic carbocycles. The molecule has 3 N–H and O–H groups in total. The number of hydrogen-bond donors (Lipinski definition) is 2. The summed E-state index contributed by atoms with van der Waals surface area (Å²) >= 11 is 0. The molecule has 1 unspecified atom stereocenters. The van der Waals surface area contributed by atoms with Crippen LogP contribution in [0.25, 0.3) is 5.65 Å². The fourth-order valence-electron chi connectivity index (χ4n) is 2.97. The fraction of sp³-hybridized carbons (Fsp3) is 0.625. The number of aromatic nitrogens is 3. The van der Waals surface area contributed by atoms with E-state index in [0.717, 1.165) is 49.3 Å². The number of fused-ring (bicyclic) bond motifs is 1. The van der Waals surface area contributed by atoms with E-state index in [1.54, 1.807) is 0 Å². The Morgan fingerprint density at radius 2 is 2.14 bits per heavy atom. The average molecular weight is 287 g/mol. The molecular weight excluding hydrogens is 262 g/mol. The SMILES string of the molecule is CCC(C)c1cc(N[C@H]2CC[C@H](N)CC2)n2nccc2n1. The van der Waals surface area contributed by atoms with Gasteiger partial charge in [0.2, 0.25) is 0 Å². The van der Waals surface area contributed by atoms with Crippen molar-refractivity contribution in [2.75, 3.05) is 5.32 Å². The van der Waals surface area contributed by atoms with Crippen LogP contribution in [-0.4, -0.2) is 26.7 Å². The lowest BCUT2D eigenvalue weighted by atomic mass is 9.92. The molecule has 3 rings (SSSR count). The van der Waals surface area contributed by atoms with E-state index >= 15 is 0 Å². The smallest absolute Gasteiger partial charge is 0.157 e. The van der Waals surface area contributed by atoms with E-state index in [9.17, 15) is 0 Å². The topological polar surface area (TPSA) is 68.2 Å². The largest absolute Gasteiger partial charge is 0.367 e. The first-order chi connectivity index (χ1) is 10.2. The summed E-state index contributed by atoms with van der Waals surface area (Å²) in [5, 5.41) is 8.05. The van der Waals surface area contributed by atoms with Crippen LogP contribution in [0.1, 0.15) is 57.6 Å². The van der Waals surface area contributed by atoms with Gasteiger partial charge in [-0.25, -0.2) is 4.98 Å². The molecule has 0 aliphatic heterocycles. The number of nitrogens with one attached hydrogen (secondary N) is 1. The van der Waals surface area contributed by atoms with Crippen molar-refractivity contribution in [3.8, 4) is 0 Å². The Hall–Kier alpha value is -1.62. The molecule has 0 spiro atoms. The molecule has 0 amide bonds. The number of anilines is 1. The van der Waals surface area contributed by atoms with Gasteiger partial charge in [-0.2, -0.15) is 9.61 Å². The normalized spacial score (nSPS) is 24.1. The lowest BCUT2D eigenvalue weighted by molar-refractivity contribution is 0.410. The summed E-state index contributed by atoms with van der Waals surface area (Å²) in [6.07, 6.45) is 7.36. The van der Waals surface area contributed by atoms with Gasteiger partial charge in [-0.1, -0.05) is 13.8 Å². The van der Waals surface area contributed by atoms with Gasteiger partial charge >= 0.3 is 0 Å². The molecule has 2 heterocycles. The number of nitrogens with two attached hydrogens (primary N) is 1. The van der Waals surface area contributed by atoms with Crippen LogP contribution in [0, 0.1) is 0 Å². The monoisotopic (exact) mass is 287 g/mol. The van der Waals surface area contributed by atoms with Gasteiger partial charge in [0.1, 0.15) is 5.82 Å². The van der Waals surface area contributed by atoms with E-state index in [2.05, 4.69) is 30.3 Å². The molecule has 5 nitrogen and oxygen atoms in total. The maximum Gasteiger partial charge on any atom is 0.157 e. The first-order valence-electron chi connectivity index (χ1n) is 8.04. The van der Waals surface area contributed by atoms with Crippen LogP contribution in [0.4, 0.5) is 5.82 Å². The second-order valence-electron chi connectivity index (χ2n) is 6.23. The quantitative estimate of drug-likeness (QED) is 0.907. The Morgan fingerprint density at radius 3 is 2.86 bits per heavy atom. The van der Waals surface area contributed by atoms with Crippen LogP contribution in [0.5, 0.6) is 0 Å². The van der Waals surface area contributed by atoms with Gasteiger partial charge in [0, 0.05) is 29.9 Å². The van der Waals surface area contributed by atoms with Crippen molar-refractivity contribution in [2.45, 2.75) is 64.0 Å². The van der Waals surface area contributed by atoms with Crippen molar-refractivity contribution in [3.63, 3.8) is 0 Å². The molecule has 5 heteroatoms. The molecule has 1 aliphatic carbocycles. The molecule has 21 heavy (non-hydrogen) atoms. The summed E-state index contributed by atoms with van der Waals surface area (Å²) < 4.78 is 1.90. The average Bonchev–Trinajstić information content (AvgIpc) is 2.97. The van der Waals surface area contributed by atoms with E-state index in [0.29, 0.717) is 18.0 Å². The summed E-state index contributed by atoms with van der Waals surface area (Å²) in [6, 6.07) is 4.99. The van der Waals surface area contributed by atoms with E-state index < -0.39 is 0 Å². The Morgan fingerprint density at radius 1 is 1.38 bits per heavy atom. The van der Waals surface area contributed by atoms with E-state index in [-0.39, 0.29) is 0 Å². The van der Waals surface area contributed by atoms with Crippen molar-refractivity contribution in [1.29, 1.82) is 0 Å². The summed E-state index contributed by atoms with van der Waals surface area (Å²) in [7, 11) is 0. The van der Waals surface area contributed by atoms with Gasteiger partial charge in [-0.05, 0) is 38.0 Å². The van der Waals surface area contributed by atoms with E-state index in [1.165, 1.54) is 0 Å². The molecule has 114 valence electrons. The Kier molecular flexibility index (Phi) is 4.10. The summed E-state index contributed by atoms with van der Waals surface area (Å²) in [5.74, 6) is 1.52. The van der Waals surface area contributed by atoms with Crippen molar-refractivity contribution in [3.05, 3.63) is 24.0 Å². The highest BCUT2D eigenvalue weighted by Crippen LogP contribution is 2.25. The molecule has 1 aliphatic rings. The zero-order valence-electron chi connectivity index (χ0n) is 12.9. The van der Waals surface area contributed by atoms with Gasteiger partial charge in [-0.15, -0.1) is 0 Å².